The number of hydrogen-bond donors (Lipinski definition) is 0. The van der Waals surface area contributed by atoms with Gasteiger partial charge in [0.1, 0.15) is 6.61 Å². The first-order valence-corrected chi connectivity index (χ1v) is 9.25. The number of ether oxygens (including phenoxy) is 4. The Balaban J connectivity index is 3.09. The number of unbranched alkanes of at least 4 members (excludes halogenated alkanes) is 5. The van der Waals surface area contributed by atoms with Gasteiger partial charge in [-0.3, -0.25) is 4.79 Å². The molecule has 0 aliphatic heterocycles. The van der Waals surface area contributed by atoms with Gasteiger partial charge in [0.2, 0.25) is 0 Å². The van der Waals surface area contributed by atoms with Crippen molar-refractivity contribution in [3.63, 3.8) is 0 Å². The molecule has 0 radical (unpaired) electrons. The lowest BCUT2D eigenvalue weighted by Crippen LogP contribution is -2.23. The molecule has 0 aromatic carbocycles. The lowest BCUT2D eigenvalue weighted by atomic mass is 10.1. The zero-order valence-corrected chi connectivity index (χ0v) is 15.5. The first-order valence-electron chi connectivity index (χ1n) is 9.25. The summed E-state index contributed by atoms with van der Waals surface area (Å²) in [7, 11) is 0. The molecule has 0 rings (SSSR count). The summed E-state index contributed by atoms with van der Waals surface area (Å²) in [5.41, 5.74) is 0. The van der Waals surface area contributed by atoms with E-state index in [1.165, 1.54) is 32.1 Å². The van der Waals surface area contributed by atoms with E-state index >= 15 is 0 Å². The first-order chi connectivity index (χ1) is 12.2. The molecule has 0 bridgehead atoms. The topological polar surface area (TPSA) is 94.1 Å². The van der Waals surface area contributed by atoms with Gasteiger partial charge in [-0.25, -0.2) is 0 Å². The Kier molecular flexibility index (Phi) is 18.2. The average Bonchev–Trinajstić information content (AvgIpc) is 2.59. The molecule has 0 saturated carbocycles. The molecule has 0 aromatic rings. The lowest BCUT2D eigenvalue weighted by molar-refractivity contribution is -0.305. The Bertz CT molecular complexity index is 321. The molecule has 0 aliphatic rings. The number of carbonyl (C=O) groups is 2. The third kappa shape index (κ3) is 20.8. The number of aliphatic carboxylic acids is 1. The predicted molar refractivity (Wildman–Crippen MR) is 91.0 cm³/mol. The molecule has 148 valence electrons. The SMILES string of the molecule is CCCCCCCCOCCOCCOCCOC(=O)CCC(=O)[O-]. The third-order valence-corrected chi connectivity index (χ3v) is 3.41. The van der Waals surface area contributed by atoms with Gasteiger partial charge in [0, 0.05) is 12.6 Å². The van der Waals surface area contributed by atoms with E-state index < -0.39 is 11.9 Å². The first kappa shape index (κ1) is 23.8. The highest BCUT2D eigenvalue weighted by Crippen LogP contribution is 2.04. The van der Waals surface area contributed by atoms with E-state index in [4.69, 9.17) is 18.9 Å². The van der Waals surface area contributed by atoms with Crippen molar-refractivity contribution in [2.24, 2.45) is 0 Å². The summed E-state index contributed by atoms with van der Waals surface area (Å²) in [6, 6.07) is 0. The number of hydrogen-bond acceptors (Lipinski definition) is 7. The molecule has 0 N–H and O–H groups in total. The van der Waals surface area contributed by atoms with Crippen LogP contribution < -0.4 is 5.11 Å². The number of carbonyl (C=O) groups excluding carboxylic acids is 2. The monoisotopic (exact) mass is 361 g/mol. The molecule has 0 aliphatic carbocycles. The second-order valence-electron chi connectivity index (χ2n) is 5.70. The minimum atomic E-state index is -1.26. The van der Waals surface area contributed by atoms with Crippen LogP contribution in [0.1, 0.15) is 58.3 Å². The minimum Gasteiger partial charge on any atom is -0.550 e. The molecule has 0 unspecified atom stereocenters. The smallest absolute Gasteiger partial charge is 0.306 e. The van der Waals surface area contributed by atoms with Gasteiger partial charge in [0.05, 0.1) is 39.5 Å². The van der Waals surface area contributed by atoms with E-state index in [0.29, 0.717) is 26.4 Å². The van der Waals surface area contributed by atoms with Crippen LogP contribution in [0, 0.1) is 0 Å². The quantitative estimate of drug-likeness (QED) is 0.254. The summed E-state index contributed by atoms with van der Waals surface area (Å²) in [5, 5.41) is 10.2. The summed E-state index contributed by atoms with van der Waals surface area (Å²) < 4.78 is 20.9. The molecule has 0 heterocycles. The number of esters is 1. The van der Waals surface area contributed by atoms with Crippen molar-refractivity contribution >= 4 is 11.9 Å². The summed E-state index contributed by atoms with van der Waals surface area (Å²) in [4.78, 5) is 21.2. The fourth-order valence-corrected chi connectivity index (χ4v) is 2.02. The van der Waals surface area contributed by atoms with Crippen LogP contribution >= 0.6 is 0 Å². The standard InChI is InChI=1S/C18H34O7/c1-2-3-4-5-6-7-10-22-11-12-23-13-14-24-15-16-25-18(21)9-8-17(19)20/h2-16H2,1H3,(H,19,20)/p-1. The molecule has 0 spiro atoms. The van der Waals surface area contributed by atoms with Crippen LogP contribution in [0.4, 0.5) is 0 Å². The fourth-order valence-electron chi connectivity index (χ4n) is 2.02. The van der Waals surface area contributed by atoms with Gasteiger partial charge >= 0.3 is 5.97 Å². The summed E-state index contributed by atoms with van der Waals surface area (Å²) in [6.07, 6.45) is 7.03. The maximum Gasteiger partial charge on any atom is 0.306 e. The zero-order valence-electron chi connectivity index (χ0n) is 15.5. The van der Waals surface area contributed by atoms with Gasteiger partial charge in [-0.2, -0.15) is 0 Å². The van der Waals surface area contributed by atoms with Crippen LogP contribution in [0.25, 0.3) is 0 Å². The van der Waals surface area contributed by atoms with Crippen LogP contribution in [0.5, 0.6) is 0 Å². The molecule has 0 aromatic heterocycles. The van der Waals surface area contributed by atoms with Crippen molar-refractivity contribution in [1.29, 1.82) is 0 Å². The van der Waals surface area contributed by atoms with Crippen molar-refractivity contribution in [1.82, 2.24) is 0 Å². The van der Waals surface area contributed by atoms with E-state index in [-0.39, 0.29) is 26.1 Å². The molecule has 0 atom stereocenters. The minimum absolute atomic E-state index is 0.104. The van der Waals surface area contributed by atoms with Gasteiger partial charge in [-0.05, 0) is 12.8 Å². The van der Waals surface area contributed by atoms with E-state index in [0.717, 1.165) is 13.0 Å². The highest BCUT2D eigenvalue weighted by molar-refractivity contribution is 5.75. The van der Waals surface area contributed by atoms with Crippen LogP contribution in [-0.4, -0.2) is 58.2 Å². The average molecular weight is 361 g/mol. The zero-order chi connectivity index (χ0) is 18.6. The molecule has 25 heavy (non-hydrogen) atoms. The fraction of sp³-hybridized carbons (Fsp3) is 0.889. The second kappa shape index (κ2) is 19.1. The molecular formula is C18H33O7-. The number of rotatable bonds is 19. The summed E-state index contributed by atoms with van der Waals surface area (Å²) in [6.45, 7) is 5.36. The lowest BCUT2D eigenvalue weighted by Gasteiger charge is -2.08. The van der Waals surface area contributed by atoms with Crippen LogP contribution in [0.2, 0.25) is 0 Å². The number of carboxylic acid groups (broad SMARTS) is 1. The van der Waals surface area contributed by atoms with Gasteiger partial charge in [-0.15, -0.1) is 0 Å². The third-order valence-electron chi connectivity index (χ3n) is 3.41. The molecule has 7 heteroatoms. The van der Waals surface area contributed by atoms with Crippen molar-refractivity contribution in [2.45, 2.75) is 58.3 Å². The Hall–Kier alpha value is -1.18. The van der Waals surface area contributed by atoms with Gasteiger partial charge < -0.3 is 28.8 Å². The Morgan fingerprint density at radius 3 is 1.80 bits per heavy atom. The van der Waals surface area contributed by atoms with Crippen LogP contribution in [0.15, 0.2) is 0 Å². The van der Waals surface area contributed by atoms with E-state index in [2.05, 4.69) is 6.92 Å². The Labute approximate surface area is 151 Å². The summed E-state index contributed by atoms with van der Waals surface area (Å²) >= 11 is 0. The van der Waals surface area contributed by atoms with Crippen molar-refractivity contribution in [2.75, 3.05) is 46.2 Å². The second-order valence-corrected chi connectivity index (χ2v) is 5.70. The van der Waals surface area contributed by atoms with Crippen molar-refractivity contribution in [3.8, 4) is 0 Å². The van der Waals surface area contributed by atoms with Gasteiger partial charge in [-0.1, -0.05) is 39.0 Å². The van der Waals surface area contributed by atoms with Crippen LogP contribution in [-0.2, 0) is 28.5 Å². The Morgan fingerprint density at radius 2 is 1.20 bits per heavy atom. The largest absolute Gasteiger partial charge is 0.550 e. The highest BCUT2D eigenvalue weighted by atomic mass is 16.6. The van der Waals surface area contributed by atoms with E-state index in [1.54, 1.807) is 0 Å². The number of carboxylic acids is 1. The van der Waals surface area contributed by atoms with Crippen molar-refractivity contribution < 1.29 is 33.6 Å². The summed E-state index contributed by atoms with van der Waals surface area (Å²) in [5.74, 6) is -1.83. The maximum atomic E-state index is 11.1. The molecule has 7 nitrogen and oxygen atoms in total. The van der Waals surface area contributed by atoms with Gasteiger partial charge in [0.15, 0.2) is 0 Å². The highest BCUT2D eigenvalue weighted by Gasteiger charge is 2.02. The molecule has 0 saturated heterocycles. The molecular weight excluding hydrogens is 328 g/mol. The van der Waals surface area contributed by atoms with E-state index in [1.807, 2.05) is 0 Å². The molecule has 0 amide bonds. The normalized spacial score (nSPS) is 10.8. The van der Waals surface area contributed by atoms with Gasteiger partial charge in [0.25, 0.3) is 0 Å². The van der Waals surface area contributed by atoms with Crippen LogP contribution in [0.3, 0.4) is 0 Å². The predicted octanol–water partition coefficient (Wildman–Crippen LogP) is 1.47. The Morgan fingerprint density at radius 1 is 0.680 bits per heavy atom. The van der Waals surface area contributed by atoms with E-state index in [9.17, 15) is 14.7 Å². The molecule has 0 fully saturated rings. The van der Waals surface area contributed by atoms with Crippen molar-refractivity contribution in [3.05, 3.63) is 0 Å². The maximum absolute atomic E-state index is 11.1.